The summed E-state index contributed by atoms with van der Waals surface area (Å²) in [7, 11) is 1.66. The lowest BCUT2D eigenvalue weighted by atomic mass is 9.94. The van der Waals surface area contributed by atoms with E-state index < -0.39 is 5.41 Å². The summed E-state index contributed by atoms with van der Waals surface area (Å²) >= 11 is 0. The molecule has 1 aliphatic rings. The first-order valence-electron chi connectivity index (χ1n) is 8.16. The molecule has 0 saturated heterocycles. The number of aryl methyl sites for hydroxylation is 1. The van der Waals surface area contributed by atoms with Crippen LogP contribution >= 0.6 is 0 Å². The number of amides is 1. The Kier molecular flexibility index (Phi) is 3.34. The van der Waals surface area contributed by atoms with Crippen molar-refractivity contribution in [2.75, 3.05) is 12.4 Å². The van der Waals surface area contributed by atoms with Crippen LogP contribution in [0, 0.1) is 6.92 Å². The Bertz CT molecular complexity index is 922. The molecule has 24 heavy (non-hydrogen) atoms. The number of hydrogen-bond donors (Lipinski definition) is 2. The number of H-pyrrole nitrogens is 1. The van der Waals surface area contributed by atoms with Gasteiger partial charge in [-0.15, -0.1) is 0 Å². The predicted molar refractivity (Wildman–Crippen MR) is 95.6 cm³/mol. The van der Waals surface area contributed by atoms with E-state index in [1.165, 1.54) is 0 Å². The van der Waals surface area contributed by atoms with Gasteiger partial charge in [0.15, 0.2) is 0 Å². The number of nitrogens with one attached hydrogen (secondary N) is 2. The van der Waals surface area contributed by atoms with E-state index in [9.17, 15) is 4.79 Å². The highest BCUT2D eigenvalue weighted by molar-refractivity contribution is 6.04. The van der Waals surface area contributed by atoms with E-state index >= 15 is 0 Å². The van der Waals surface area contributed by atoms with Crippen molar-refractivity contribution >= 4 is 22.5 Å². The van der Waals surface area contributed by atoms with Crippen molar-refractivity contribution in [2.45, 2.75) is 25.2 Å². The molecule has 0 atom stereocenters. The van der Waals surface area contributed by atoms with Crippen molar-refractivity contribution in [3.63, 3.8) is 0 Å². The number of ether oxygens (including phenoxy) is 1. The summed E-state index contributed by atoms with van der Waals surface area (Å²) in [6.45, 7) is 2.02. The highest BCUT2D eigenvalue weighted by Crippen LogP contribution is 2.51. The zero-order chi connectivity index (χ0) is 16.7. The Morgan fingerprint density at radius 2 is 2.04 bits per heavy atom. The van der Waals surface area contributed by atoms with Gasteiger partial charge in [0, 0.05) is 22.8 Å². The van der Waals surface area contributed by atoms with Crippen LogP contribution in [0.2, 0.25) is 0 Å². The van der Waals surface area contributed by atoms with Crippen LogP contribution in [0.3, 0.4) is 0 Å². The van der Waals surface area contributed by atoms with Gasteiger partial charge in [-0.25, -0.2) is 0 Å². The third-order valence-corrected chi connectivity index (χ3v) is 4.87. The summed E-state index contributed by atoms with van der Waals surface area (Å²) in [5.41, 5.74) is 3.63. The van der Waals surface area contributed by atoms with Crippen LogP contribution in [0.5, 0.6) is 5.75 Å². The van der Waals surface area contributed by atoms with Crippen molar-refractivity contribution in [3.05, 3.63) is 59.8 Å². The van der Waals surface area contributed by atoms with Crippen molar-refractivity contribution in [2.24, 2.45) is 0 Å². The molecule has 1 aromatic heterocycles. The zero-order valence-electron chi connectivity index (χ0n) is 13.8. The summed E-state index contributed by atoms with van der Waals surface area (Å²) in [6.07, 6.45) is 3.70. The molecule has 2 N–H and O–H groups in total. The maximum atomic E-state index is 12.9. The van der Waals surface area contributed by atoms with Gasteiger partial charge in [-0.05, 0) is 61.2 Å². The second-order valence-corrected chi connectivity index (χ2v) is 6.52. The van der Waals surface area contributed by atoms with Crippen molar-refractivity contribution < 1.29 is 9.53 Å². The smallest absolute Gasteiger partial charge is 0.235 e. The zero-order valence-corrected chi connectivity index (χ0v) is 13.8. The van der Waals surface area contributed by atoms with Crippen LogP contribution in [0.4, 0.5) is 5.69 Å². The number of rotatable bonds is 4. The molecule has 2 aromatic carbocycles. The first-order valence-corrected chi connectivity index (χ1v) is 8.16. The van der Waals surface area contributed by atoms with Crippen LogP contribution in [0.1, 0.15) is 24.0 Å². The second kappa shape index (κ2) is 5.41. The van der Waals surface area contributed by atoms with E-state index in [1.54, 1.807) is 7.11 Å². The van der Waals surface area contributed by atoms with Gasteiger partial charge >= 0.3 is 0 Å². The average molecular weight is 320 g/mol. The van der Waals surface area contributed by atoms with Crippen LogP contribution in [-0.4, -0.2) is 18.0 Å². The number of carbonyl (C=O) groups is 1. The fraction of sp³-hybridized carbons (Fsp3) is 0.250. The van der Waals surface area contributed by atoms with Gasteiger partial charge in [-0.2, -0.15) is 0 Å². The average Bonchev–Trinajstić information content (AvgIpc) is 3.28. The highest BCUT2D eigenvalue weighted by Gasteiger charge is 2.52. The van der Waals surface area contributed by atoms with Gasteiger partial charge in [0.1, 0.15) is 5.75 Å². The molecule has 1 heterocycles. The largest absolute Gasteiger partial charge is 0.497 e. The summed E-state index contributed by atoms with van der Waals surface area (Å²) in [4.78, 5) is 16.2. The Morgan fingerprint density at radius 3 is 2.75 bits per heavy atom. The lowest BCUT2D eigenvalue weighted by Crippen LogP contribution is -2.27. The van der Waals surface area contributed by atoms with E-state index in [4.69, 9.17) is 4.74 Å². The van der Waals surface area contributed by atoms with E-state index in [2.05, 4.69) is 10.3 Å². The molecule has 0 radical (unpaired) electrons. The summed E-state index contributed by atoms with van der Waals surface area (Å²) in [5.74, 6) is 0.870. The predicted octanol–water partition coefficient (Wildman–Crippen LogP) is 4.16. The molecule has 4 rings (SSSR count). The van der Waals surface area contributed by atoms with Crippen molar-refractivity contribution in [3.8, 4) is 5.75 Å². The number of carbonyl (C=O) groups excluding carboxylic acids is 1. The topological polar surface area (TPSA) is 54.1 Å². The van der Waals surface area contributed by atoms with E-state index in [1.807, 2.05) is 55.6 Å². The SMILES string of the molecule is COc1ccc2[nH]cc(C3(C(=O)Nc4cccc(C)c4)CC3)c2c1. The lowest BCUT2D eigenvalue weighted by molar-refractivity contribution is -0.118. The number of fused-ring (bicyclic) bond motifs is 1. The van der Waals surface area contributed by atoms with E-state index in [0.29, 0.717) is 0 Å². The maximum absolute atomic E-state index is 12.9. The minimum Gasteiger partial charge on any atom is -0.497 e. The summed E-state index contributed by atoms with van der Waals surface area (Å²) < 4.78 is 5.33. The highest BCUT2D eigenvalue weighted by atomic mass is 16.5. The molecule has 0 aliphatic heterocycles. The lowest BCUT2D eigenvalue weighted by Gasteiger charge is -2.15. The van der Waals surface area contributed by atoms with Gasteiger partial charge in [0.05, 0.1) is 12.5 Å². The normalized spacial score (nSPS) is 15.2. The molecular formula is C20H20N2O2. The molecule has 4 heteroatoms. The first-order chi connectivity index (χ1) is 11.6. The maximum Gasteiger partial charge on any atom is 0.235 e. The Hall–Kier alpha value is -2.75. The summed E-state index contributed by atoms with van der Waals surface area (Å²) in [6, 6.07) is 13.8. The number of methoxy groups -OCH3 is 1. The molecule has 1 aliphatic carbocycles. The number of aromatic nitrogens is 1. The van der Waals surface area contributed by atoms with Crippen LogP contribution in [0.15, 0.2) is 48.7 Å². The Labute approximate surface area is 140 Å². The standard InChI is InChI=1S/C20H20N2O2/c1-13-4-3-5-14(10-13)22-19(23)20(8-9-20)17-12-21-18-7-6-15(24-2)11-16(17)18/h3-7,10-12,21H,8-9H2,1-2H3,(H,22,23). The van der Waals surface area contributed by atoms with Gasteiger partial charge in [0.2, 0.25) is 5.91 Å². The van der Waals surface area contributed by atoms with Crippen LogP contribution in [-0.2, 0) is 10.2 Å². The molecule has 1 saturated carbocycles. The molecule has 1 amide bonds. The van der Waals surface area contributed by atoms with Crippen molar-refractivity contribution in [1.29, 1.82) is 0 Å². The Balaban J connectivity index is 1.69. The molecular weight excluding hydrogens is 300 g/mol. The van der Waals surface area contributed by atoms with Crippen LogP contribution in [0.25, 0.3) is 10.9 Å². The monoisotopic (exact) mass is 320 g/mol. The van der Waals surface area contributed by atoms with Crippen molar-refractivity contribution in [1.82, 2.24) is 4.98 Å². The van der Waals surface area contributed by atoms with E-state index in [0.717, 1.165) is 46.3 Å². The van der Waals surface area contributed by atoms with Gasteiger partial charge in [-0.3, -0.25) is 4.79 Å². The minimum absolute atomic E-state index is 0.0665. The quantitative estimate of drug-likeness (QED) is 0.758. The molecule has 4 nitrogen and oxygen atoms in total. The first kappa shape index (κ1) is 14.8. The third-order valence-electron chi connectivity index (χ3n) is 4.87. The van der Waals surface area contributed by atoms with Gasteiger partial charge in [-0.1, -0.05) is 12.1 Å². The third kappa shape index (κ3) is 2.35. The van der Waals surface area contributed by atoms with Crippen LogP contribution < -0.4 is 10.1 Å². The summed E-state index contributed by atoms with van der Waals surface area (Å²) in [5, 5.41) is 4.14. The minimum atomic E-state index is -0.436. The van der Waals surface area contributed by atoms with E-state index in [-0.39, 0.29) is 5.91 Å². The second-order valence-electron chi connectivity index (χ2n) is 6.52. The molecule has 0 bridgehead atoms. The molecule has 3 aromatic rings. The number of aromatic amines is 1. The van der Waals surface area contributed by atoms with Gasteiger partial charge < -0.3 is 15.0 Å². The molecule has 122 valence electrons. The molecule has 1 fully saturated rings. The fourth-order valence-corrected chi connectivity index (χ4v) is 3.34. The number of benzene rings is 2. The molecule has 0 spiro atoms. The number of anilines is 1. The Morgan fingerprint density at radius 1 is 1.21 bits per heavy atom. The fourth-order valence-electron chi connectivity index (χ4n) is 3.34. The number of hydrogen-bond acceptors (Lipinski definition) is 2. The van der Waals surface area contributed by atoms with Gasteiger partial charge in [0.25, 0.3) is 0 Å². The molecule has 0 unspecified atom stereocenters.